The molecule has 6 aromatic rings. The molecule has 1 saturated carbocycles. The summed E-state index contributed by atoms with van der Waals surface area (Å²) in [5.74, 6) is -10.9. The number of nitrogens with one attached hydrogen (secondary N) is 2. The van der Waals surface area contributed by atoms with Gasteiger partial charge in [0.1, 0.15) is 41.9 Å². The van der Waals surface area contributed by atoms with Crippen molar-refractivity contribution in [3.8, 4) is 5.69 Å². The summed E-state index contributed by atoms with van der Waals surface area (Å²) in [6.07, 6.45) is -11.7. The van der Waals surface area contributed by atoms with Gasteiger partial charge in [-0.2, -0.15) is 32.1 Å². The lowest BCUT2D eigenvalue weighted by molar-refractivity contribution is -0.137. The SMILES string of the molecule is CS(=O)(=O)Nc1nn(CC(F)F)c2c(-n3c([C@H](Cc4cc(F)cc(F)c4)NC(=O)Cn4nc(C(F)F)c5c4C(F)(F)[C@@H]4C[C@H]54)nc4cc(C(F)(F)F)ccc4c3=O)ccc(Cl)c12. The monoisotopic (exact) mass is 922 g/mol. The van der Waals surface area contributed by atoms with E-state index in [4.69, 9.17) is 11.6 Å². The molecule has 8 rings (SSSR count). The van der Waals surface area contributed by atoms with E-state index in [0.29, 0.717) is 38.4 Å². The zero-order valence-electron chi connectivity index (χ0n) is 31.1. The van der Waals surface area contributed by atoms with Crippen LogP contribution in [0.5, 0.6) is 0 Å². The molecular weight excluding hydrogens is 897 g/mol. The van der Waals surface area contributed by atoms with Gasteiger partial charge < -0.3 is 5.32 Å². The van der Waals surface area contributed by atoms with Crippen molar-refractivity contribution in [3.05, 3.63) is 109 Å². The highest BCUT2D eigenvalue weighted by Gasteiger charge is 2.67. The molecule has 0 radical (unpaired) electrons. The molecule has 0 spiro atoms. The standard InChI is InChI=1S/C37H26ClF11N8O4S/c1-62(60,61)54-33-28-21(38)4-5-24(30(28)55(53-33)12-25(41)42)57-34(51-22-9-15(37(47,48)49)2-3-18(22)35(57)59)23(8-14-6-16(39)10-17(40)7-14)50-26(58)13-56-31-27(29(52-56)32(43)44)19-11-20(19)36(31,45)46/h2-7,9-10,19-20,23,25,32H,8,11-13H2,1H3,(H,50,58)(H,53,54)/t19-,20+,23-/m0/s1. The zero-order valence-corrected chi connectivity index (χ0v) is 32.7. The number of anilines is 1. The molecule has 3 heterocycles. The lowest BCUT2D eigenvalue weighted by atomic mass is 10.0. The molecule has 1 fully saturated rings. The minimum Gasteiger partial charge on any atom is -0.344 e. The van der Waals surface area contributed by atoms with Crippen molar-refractivity contribution in [3.63, 3.8) is 0 Å². The second-order valence-electron chi connectivity index (χ2n) is 14.7. The third kappa shape index (κ3) is 7.70. The quantitative estimate of drug-likeness (QED) is 0.119. The van der Waals surface area contributed by atoms with E-state index in [9.17, 15) is 57.5 Å². The first-order valence-corrected chi connectivity index (χ1v) is 20.3. The van der Waals surface area contributed by atoms with Gasteiger partial charge in [-0.15, -0.1) is 0 Å². The van der Waals surface area contributed by atoms with E-state index < -0.39 is 152 Å². The number of amides is 1. The molecule has 12 nitrogen and oxygen atoms in total. The number of halogens is 12. The van der Waals surface area contributed by atoms with Crippen molar-refractivity contribution in [1.29, 1.82) is 0 Å². The summed E-state index contributed by atoms with van der Waals surface area (Å²) < 4.78 is 187. The number of hydrogen-bond acceptors (Lipinski definition) is 7. The molecule has 3 aromatic heterocycles. The van der Waals surface area contributed by atoms with E-state index in [-0.39, 0.29) is 22.4 Å². The first-order chi connectivity index (χ1) is 28.9. The minimum absolute atomic E-state index is 0.106. The number of carbonyl (C=O) groups excluding carboxylic acids is 1. The molecule has 2 aliphatic rings. The van der Waals surface area contributed by atoms with Gasteiger partial charge in [-0.05, 0) is 60.4 Å². The largest absolute Gasteiger partial charge is 0.416 e. The Kier molecular flexibility index (Phi) is 10.3. The van der Waals surface area contributed by atoms with Crippen LogP contribution in [0, 0.1) is 17.6 Å². The third-order valence-electron chi connectivity index (χ3n) is 10.3. The van der Waals surface area contributed by atoms with Gasteiger partial charge in [0.2, 0.25) is 15.9 Å². The summed E-state index contributed by atoms with van der Waals surface area (Å²) in [6.45, 7) is -2.46. The van der Waals surface area contributed by atoms with Crippen LogP contribution in [0.4, 0.5) is 54.1 Å². The van der Waals surface area contributed by atoms with E-state index in [1.54, 1.807) is 0 Å². The highest BCUT2D eigenvalue weighted by molar-refractivity contribution is 7.92. The van der Waals surface area contributed by atoms with Crippen LogP contribution in [-0.2, 0) is 46.4 Å². The van der Waals surface area contributed by atoms with Gasteiger partial charge in [0.15, 0.2) is 5.82 Å². The fourth-order valence-electron chi connectivity index (χ4n) is 7.92. The van der Waals surface area contributed by atoms with Crippen LogP contribution < -0.4 is 15.6 Å². The summed E-state index contributed by atoms with van der Waals surface area (Å²) in [6, 6.07) is 3.98. The molecule has 1 amide bonds. The normalized spacial score (nSPS) is 17.5. The van der Waals surface area contributed by atoms with Gasteiger partial charge in [-0.25, -0.2) is 39.7 Å². The van der Waals surface area contributed by atoms with E-state index in [1.807, 2.05) is 4.72 Å². The lowest BCUT2D eigenvalue weighted by Gasteiger charge is -2.24. The fourth-order valence-corrected chi connectivity index (χ4v) is 8.66. The second kappa shape index (κ2) is 14.9. The van der Waals surface area contributed by atoms with Crippen molar-refractivity contribution >= 4 is 55.2 Å². The number of fused-ring (bicyclic) bond motifs is 5. The summed E-state index contributed by atoms with van der Waals surface area (Å²) in [5, 5.41) is 8.69. The Morgan fingerprint density at radius 2 is 1.69 bits per heavy atom. The van der Waals surface area contributed by atoms with E-state index in [2.05, 4.69) is 20.5 Å². The number of aromatic nitrogens is 6. The van der Waals surface area contributed by atoms with Crippen LogP contribution in [0.1, 0.15) is 58.7 Å². The van der Waals surface area contributed by atoms with Crippen LogP contribution in [0.15, 0.2) is 53.3 Å². The summed E-state index contributed by atoms with van der Waals surface area (Å²) in [4.78, 5) is 32.9. The summed E-state index contributed by atoms with van der Waals surface area (Å²) in [7, 11) is -4.20. The zero-order chi connectivity index (χ0) is 45.0. The Hall–Kier alpha value is -5.78. The summed E-state index contributed by atoms with van der Waals surface area (Å²) in [5.41, 5.74) is -6.80. The molecule has 2 aliphatic carbocycles. The number of rotatable bonds is 12. The van der Waals surface area contributed by atoms with E-state index in [0.717, 1.165) is 30.3 Å². The van der Waals surface area contributed by atoms with E-state index in [1.165, 1.54) is 0 Å². The van der Waals surface area contributed by atoms with Gasteiger partial charge >= 0.3 is 6.18 Å². The van der Waals surface area contributed by atoms with Crippen molar-refractivity contribution < 1.29 is 61.5 Å². The topological polar surface area (TPSA) is 146 Å². The maximum absolute atomic E-state index is 15.4. The molecule has 0 bridgehead atoms. The molecule has 3 aromatic carbocycles. The highest BCUT2D eigenvalue weighted by atomic mass is 35.5. The number of nitrogens with zero attached hydrogens (tertiary/aromatic N) is 6. The number of sulfonamides is 1. The second-order valence-corrected chi connectivity index (χ2v) is 16.9. The van der Waals surface area contributed by atoms with Crippen molar-refractivity contribution in [1.82, 2.24) is 34.4 Å². The molecule has 25 heteroatoms. The van der Waals surface area contributed by atoms with Gasteiger partial charge in [-0.1, -0.05) is 11.6 Å². The van der Waals surface area contributed by atoms with Crippen molar-refractivity contribution in [2.45, 2.75) is 62.8 Å². The average Bonchev–Trinajstić information content (AvgIpc) is 3.67. The smallest absolute Gasteiger partial charge is 0.344 e. The van der Waals surface area contributed by atoms with Crippen LogP contribution in [-0.4, -0.2) is 56.1 Å². The third-order valence-corrected chi connectivity index (χ3v) is 11.2. The molecule has 3 atom stereocenters. The minimum atomic E-state index is -5.01. The lowest BCUT2D eigenvalue weighted by Crippen LogP contribution is -2.38. The number of alkyl halides is 9. The van der Waals surface area contributed by atoms with Crippen LogP contribution in [0.2, 0.25) is 5.02 Å². The van der Waals surface area contributed by atoms with E-state index >= 15 is 8.78 Å². The van der Waals surface area contributed by atoms with Crippen LogP contribution in [0.25, 0.3) is 27.5 Å². The molecular formula is C37H26ClF11N8O4S. The van der Waals surface area contributed by atoms with Crippen LogP contribution >= 0.6 is 11.6 Å². The molecule has 328 valence electrons. The number of carbonyl (C=O) groups is 1. The van der Waals surface area contributed by atoms with Crippen LogP contribution in [0.3, 0.4) is 0 Å². The molecule has 0 saturated heterocycles. The van der Waals surface area contributed by atoms with Gasteiger partial charge in [0.05, 0.1) is 50.4 Å². The Labute approximate surface area is 345 Å². The van der Waals surface area contributed by atoms with Gasteiger partial charge in [0, 0.05) is 24.0 Å². The maximum Gasteiger partial charge on any atom is 0.416 e. The van der Waals surface area contributed by atoms with Crippen molar-refractivity contribution in [2.75, 3.05) is 11.0 Å². The summed E-state index contributed by atoms with van der Waals surface area (Å²) >= 11 is 6.45. The predicted molar refractivity (Wildman–Crippen MR) is 198 cm³/mol. The molecule has 62 heavy (non-hydrogen) atoms. The Morgan fingerprint density at radius 3 is 2.32 bits per heavy atom. The first-order valence-electron chi connectivity index (χ1n) is 18.0. The number of benzene rings is 3. The van der Waals surface area contributed by atoms with Crippen molar-refractivity contribution in [2.24, 2.45) is 5.92 Å². The maximum atomic E-state index is 15.4. The number of hydrogen-bond donors (Lipinski definition) is 2. The predicted octanol–water partition coefficient (Wildman–Crippen LogP) is 7.77. The Morgan fingerprint density at radius 1 is 1.00 bits per heavy atom. The average molecular weight is 923 g/mol. The fraction of sp³-hybridized carbons (Fsp3) is 0.324. The highest BCUT2D eigenvalue weighted by Crippen LogP contribution is 2.68. The Bertz CT molecular complexity index is 2990. The van der Waals surface area contributed by atoms with Gasteiger partial charge in [-0.3, -0.25) is 28.2 Å². The molecule has 2 N–H and O–H groups in total. The Balaban J connectivity index is 1.37. The molecule has 0 unspecified atom stereocenters. The first kappa shape index (κ1) is 42.9. The van der Waals surface area contributed by atoms with Gasteiger partial charge in [0.25, 0.3) is 24.3 Å². The molecule has 0 aliphatic heterocycles.